The molecule has 0 aliphatic rings. The van der Waals surface area contributed by atoms with E-state index in [1.165, 1.54) is 0 Å². The molecule has 0 saturated heterocycles. The fourth-order valence-electron chi connectivity index (χ4n) is 2.70. The molecular weight excluding hydrogens is 338 g/mol. The molecule has 0 heterocycles. The fraction of sp³-hybridized carbons (Fsp3) is 0.318. The van der Waals surface area contributed by atoms with Crippen LogP contribution in [0, 0.1) is 24.2 Å². The van der Waals surface area contributed by atoms with Crippen molar-refractivity contribution in [2.24, 2.45) is 5.92 Å². The summed E-state index contributed by atoms with van der Waals surface area (Å²) >= 11 is 0. The molecule has 140 valence electrons. The Hall–Kier alpha value is -3.13. The van der Waals surface area contributed by atoms with E-state index in [0.717, 1.165) is 11.1 Å². The van der Waals surface area contributed by atoms with Crippen LogP contribution in [0.3, 0.4) is 0 Å². The molecule has 5 heteroatoms. The quantitative estimate of drug-likeness (QED) is 0.824. The number of hydrogen-bond acceptors (Lipinski definition) is 3. The van der Waals surface area contributed by atoms with Gasteiger partial charge in [0.2, 0.25) is 5.91 Å². The SMILES string of the molecule is Cc1ccc(C(=O)NC(C(=O)NC(C)c2ccc(C#N)cc2)C(C)C)cc1. The highest BCUT2D eigenvalue weighted by molar-refractivity contribution is 5.97. The second kappa shape index (κ2) is 9.00. The zero-order valence-corrected chi connectivity index (χ0v) is 16.1. The minimum absolute atomic E-state index is 0.0624. The Kier molecular flexibility index (Phi) is 6.73. The van der Waals surface area contributed by atoms with E-state index in [2.05, 4.69) is 16.7 Å². The molecule has 27 heavy (non-hydrogen) atoms. The van der Waals surface area contributed by atoms with Gasteiger partial charge in [0.1, 0.15) is 6.04 Å². The molecule has 2 amide bonds. The Morgan fingerprint density at radius 1 is 0.926 bits per heavy atom. The van der Waals surface area contributed by atoms with Crippen LogP contribution in [0.4, 0.5) is 0 Å². The highest BCUT2D eigenvalue weighted by Gasteiger charge is 2.26. The highest BCUT2D eigenvalue weighted by Crippen LogP contribution is 2.14. The van der Waals surface area contributed by atoms with E-state index >= 15 is 0 Å². The summed E-state index contributed by atoms with van der Waals surface area (Å²) in [5.41, 5.74) is 3.07. The Balaban J connectivity index is 2.06. The van der Waals surface area contributed by atoms with Gasteiger partial charge in [-0.15, -0.1) is 0 Å². The van der Waals surface area contributed by atoms with Gasteiger partial charge in [0.25, 0.3) is 5.91 Å². The van der Waals surface area contributed by atoms with E-state index in [1.54, 1.807) is 24.3 Å². The Morgan fingerprint density at radius 2 is 1.52 bits per heavy atom. The van der Waals surface area contributed by atoms with Gasteiger partial charge in [-0.25, -0.2) is 0 Å². The lowest BCUT2D eigenvalue weighted by molar-refractivity contribution is -0.124. The number of carbonyl (C=O) groups is 2. The van der Waals surface area contributed by atoms with Crippen molar-refractivity contribution in [3.05, 3.63) is 70.8 Å². The first-order chi connectivity index (χ1) is 12.8. The van der Waals surface area contributed by atoms with Crippen LogP contribution in [0.25, 0.3) is 0 Å². The third-order valence-electron chi connectivity index (χ3n) is 4.45. The molecule has 0 aliphatic carbocycles. The number of rotatable bonds is 6. The van der Waals surface area contributed by atoms with Gasteiger partial charge >= 0.3 is 0 Å². The standard InChI is InChI=1S/C22H25N3O2/c1-14(2)20(25-21(26)19-9-5-15(3)6-10-19)22(27)24-16(4)18-11-7-17(13-23)8-12-18/h5-12,14,16,20H,1-4H3,(H,24,27)(H,25,26). The van der Waals surface area contributed by atoms with Crippen molar-refractivity contribution < 1.29 is 9.59 Å². The minimum Gasteiger partial charge on any atom is -0.348 e. The topological polar surface area (TPSA) is 82.0 Å². The maximum Gasteiger partial charge on any atom is 0.251 e. The number of aryl methyl sites for hydroxylation is 1. The number of nitriles is 1. The van der Waals surface area contributed by atoms with Crippen LogP contribution >= 0.6 is 0 Å². The Labute approximate surface area is 160 Å². The van der Waals surface area contributed by atoms with Crippen molar-refractivity contribution in [3.63, 3.8) is 0 Å². The van der Waals surface area contributed by atoms with Gasteiger partial charge in [-0.05, 0) is 49.6 Å². The lowest BCUT2D eigenvalue weighted by Crippen LogP contribution is -2.50. The Bertz CT molecular complexity index is 833. The maximum atomic E-state index is 12.7. The number of carbonyl (C=O) groups excluding carboxylic acids is 2. The van der Waals surface area contributed by atoms with E-state index in [4.69, 9.17) is 5.26 Å². The molecule has 2 aromatic carbocycles. The largest absolute Gasteiger partial charge is 0.348 e. The molecule has 0 fully saturated rings. The van der Waals surface area contributed by atoms with Crippen LogP contribution in [0.2, 0.25) is 0 Å². The average Bonchev–Trinajstić information content (AvgIpc) is 2.66. The summed E-state index contributed by atoms with van der Waals surface area (Å²) in [6, 6.07) is 15.5. The third-order valence-corrected chi connectivity index (χ3v) is 4.45. The molecule has 0 spiro atoms. The van der Waals surface area contributed by atoms with Crippen molar-refractivity contribution in [2.45, 2.75) is 39.8 Å². The van der Waals surface area contributed by atoms with Crippen LogP contribution in [0.1, 0.15) is 53.9 Å². The fourth-order valence-corrected chi connectivity index (χ4v) is 2.70. The van der Waals surface area contributed by atoms with Gasteiger partial charge in [0.15, 0.2) is 0 Å². The number of hydrogen-bond donors (Lipinski definition) is 2. The van der Waals surface area contributed by atoms with E-state index in [-0.39, 0.29) is 23.8 Å². The van der Waals surface area contributed by atoms with Gasteiger partial charge < -0.3 is 10.6 Å². The van der Waals surface area contributed by atoms with Crippen molar-refractivity contribution in [1.82, 2.24) is 10.6 Å². The molecule has 0 radical (unpaired) electrons. The lowest BCUT2D eigenvalue weighted by Gasteiger charge is -2.24. The number of nitrogens with one attached hydrogen (secondary N) is 2. The van der Waals surface area contributed by atoms with Crippen LogP contribution < -0.4 is 10.6 Å². The number of nitrogens with zero attached hydrogens (tertiary/aromatic N) is 1. The summed E-state index contributed by atoms with van der Waals surface area (Å²) in [7, 11) is 0. The van der Waals surface area contributed by atoms with Crippen LogP contribution in [-0.4, -0.2) is 17.9 Å². The smallest absolute Gasteiger partial charge is 0.251 e. The van der Waals surface area contributed by atoms with Crippen LogP contribution in [-0.2, 0) is 4.79 Å². The van der Waals surface area contributed by atoms with Gasteiger partial charge in [0, 0.05) is 5.56 Å². The monoisotopic (exact) mass is 363 g/mol. The Morgan fingerprint density at radius 3 is 2.04 bits per heavy atom. The maximum absolute atomic E-state index is 12.7. The first kappa shape index (κ1) is 20.2. The molecule has 2 N–H and O–H groups in total. The van der Waals surface area contributed by atoms with Crippen LogP contribution in [0.5, 0.6) is 0 Å². The molecule has 2 aromatic rings. The molecule has 0 saturated carbocycles. The minimum atomic E-state index is -0.639. The lowest BCUT2D eigenvalue weighted by atomic mass is 10.0. The first-order valence-electron chi connectivity index (χ1n) is 8.99. The predicted molar refractivity (Wildman–Crippen MR) is 105 cm³/mol. The van der Waals surface area contributed by atoms with Gasteiger partial charge in [-0.3, -0.25) is 9.59 Å². The summed E-state index contributed by atoms with van der Waals surface area (Å²) < 4.78 is 0. The second-order valence-corrected chi connectivity index (χ2v) is 7.03. The summed E-state index contributed by atoms with van der Waals surface area (Å²) in [6.07, 6.45) is 0. The van der Waals surface area contributed by atoms with E-state index in [0.29, 0.717) is 11.1 Å². The summed E-state index contributed by atoms with van der Waals surface area (Å²) in [5.74, 6) is -0.565. The molecular formula is C22H25N3O2. The molecule has 5 nitrogen and oxygen atoms in total. The molecule has 2 rings (SSSR count). The van der Waals surface area contributed by atoms with Crippen molar-refractivity contribution in [2.75, 3.05) is 0 Å². The van der Waals surface area contributed by atoms with E-state index in [1.807, 2.05) is 52.0 Å². The van der Waals surface area contributed by atoms with Gasteiger partial charge in [-0.2, -0.15) is 5.26 Å². The normalized spacial score (nSPS) is 12.7. The number of benzene rings is 2. The van der Waals surface area contributed by atoms with E-state index in [9.17, 15) is 9.59 Å². The van der Waals surface area contributed by atoms with Crippen molar-refractivity contribution in [3.8, 4) is 6.07 Å². The molecule has 0 aromatic heterocycles. The molecule has 0 aliphatic heterocycles. The zero-order valence-electron chi connectivity index (χ0n) is 16.1. The molecule has 0 bridgehead atoms. The summed E-state index contributed by atoms with van der Waals surface area (Å²) in [4.78, 5) is 25.2. The second-order valence-electron chi connectivity index (χ2n) is 7.03. The number of amides is 2. The van der Waals surface area contributed by atoms with E-state index < -0.39 is 6.04 Å². The first-order valence-corrected chi connectivity index (χ1v) is 8.99. The summed E-state index contributed by atoms with van der Waals surface area (Å²) in [6.45, 7) is 7.62. The molecule has 2 unspecified atom stereocenters. The van der Waals surface area contributed by atoms with Gasteiger partial charge in [0.05, 0.1) is 17.7 Å². The molecule has 2 atom stereocenters. The van der Waals surface area contributed by atoms with Gasteiger partial charge in [-0.1, -0.05) is 43.7 Å². The van der Waals surface area contributed by atoms with Crippen LogP contribution in [0.15, 0.2) is 48.5 Å². The van der Waals surface area contributed by atoms with Crippen molar-refractivity contribution in [1.29, 1.82) is 5.26 Å². The third kappa shape index (κ3) is 5.42. The predicted octanol–water partition coefficient (Wildman–Crippen LogP) is 3.50. The zero-order chi connectivity index (χ0) is 20.0. The average molecular weight is 363 g/mol. The summed E-state index contributed by atoms with van der Waals surface area (Å²) in [5, 5.41) is 14.7. The highest BCUT2D eigenvalue weighted by atomic mass is 16.2. The van der Waals surface area contributed by atoms with Crippen molar-refractivity contribution >= 4 is 11.8 Å².